The monoisotopic (exact) mass is 203 g/mol. The molecule has 76 valence electrons. The van der Waals surface area contributed by atoms with Crippen molar-refractivity contribution in [3.05, 3.63) is 0 Å². The summed E-state index contributed by atoms with van der Waals surface area (Å²) < 4.78 is 4.65. The minimum atomic E-state index is -0.184. The van der Waals surface area contributed by atoms with Gasteiger partial charge in [0.2, 0.25) is 0 Å². The van der Waals surface area contributed by atoms with Crippen molar-refractivity contribution < 1.29 is 9.53 Å². The number of carbonyl (C=O) groups is 1. The molecule has 1 N–H and O–H groups in total. The lowest BCUT2D eigenvalue weighted by atomic mass is 10.1. The molecule has 4 heteroatoms. The molecule has 0 aliphatic carbocycles. The van der Waals surface area contributed by atoms with Crippen LogP contribution in [0.1, 0.15) is 20.3 Å². The van der Waals surface area contributed by atoms with Crippen LogP contribution in [0.3, 0.4) is 0 Å². The molecule has 0 saturated carbocycles. The van der Waals surface area contributed by atoms with Crippen LogP contribution in [0.25, 0.3) is 0 Å². The first kappa shape index (κ1) is 10.9. The summed E-state index contributed by atoms with van der Waals surface area (Å²) in [6, 6.07) is 0.273. The molecule has 0 aromatic carbocycles. The Kier molecular flexibility index (Phi) is 4.06. The minimum absolute atomic E-state index is 0.177. The second kappa shape index (κ2) is 4.86. The van der Waals surface area contributed by atoms with Gasteiger partial charge in [-0.1, -0.05) is 6.92 Å². The maximum Gasteiger partial charge on any atom is 0.322 e. The predicted octanol–water partition coefficient (Wildman–Crippen LogP) is 1.03. The molecule has 1 aliphatic rings. The van der Waals surface area contributed by atoms with Crippen molar-refractivity contribution in [2.45, 2.75) is 37.6 Å². The van der Waals surface area contributed by atoms with Crippen molar-refractivity contribution in [2.75, 3.05) is 12.9 Å². The van der Waals surface area contributed by atoms with E-state index < -0.39 is 0 Å². The van der Waals surface area contributed by atoms with Crippen molar-refractivity contribution in [3.63, 3.8) is 0 Å². The molecule has 0 radical (unpaired) electrons. The third-order valence-corrected chi connectivity index (χ3v) is 3.72. The van der Waals surface area contributed by atoms with E-state index in [-0.39, 0.29) is 12.0 Å². The molecule has 3 nitrogen and oxygen atoms in total. The summed E-state index contributed by atoms with van der Waals surface area (Å²) in [5.74, 6) is 1.01. The molecule has 13 heavy (non-hydrogen) atoms. The van der Waals surface area contributed by atoms with Gasteiger partial charge in [0, 0.05) is 11.3 Å². The lowest BCUT2D eigenvalue weighted by molar-refractivity contribution is -0.142. The van der Waals surface area contributed by atoms with Gasteiger partial charge in [-0.05, 0) is 19.1 Å². The van der Waals surface area contributed by atoms with Crippen LogP contribution >= 0.6 is 11.8 Å². The molecule has 1 saturated heterocycles. The SMILES string of the molecule is COC(=O)[C@H](C)NC1CCSC1C. The lowest BCUT2D eigenvalue weighted by Gasteiger charge is -2.20. The van der Waals surface area contributed by atoms with E-state index >= 15 is 0 Å². The highest BCUT2D eigenvalue weighted by Crippen LogP contribution is 2.26. The van der Waals surface area contributed by atoms with E-state index in [0.717, 1.165) is 6.42 Å². The Bertz CT molecular complexity index is 186. The molecule has 2 unspecified atom stereocenters. The highest BCUT2D eigenvalue weighted by Gasteiger charge is 2.27. The van der Waals surface area contributed by atoms with Crippen molar-refractivity contribution in [1.29, 1.82) is 0 Å². The zero-order chi connectivity index (χ0) is 9.84. The fraction of sp³-hybridized carbons (Fsp3) is 0.889. The van der Waals surface area contributed by atoms with Crippen LogP contribution in [0.15, 0.2) is 0 Å². The number of carbonyl (C=O) groups excluding carboxylic acids is 1. The lowest BCUT2D eigenvalue weighted by Crippen LogP contribution is -2.44. The number of nitrogens with one attached hydrogen (secondary N) is 1. The number of methoxy groups -OCH3 is 1. The van der Waals surface area contributed by atoms with E-state index in [1.54, 1.807) is 0 Å². The number of thioether (sulfide) groups is 1. The van der Waals surface area contributed by atoms with Crippen molar-refractivity contribution in [3.8, 4) is 0 Å². The summed E-state index contributed by atoms with van der Waals surface area (Å²) >= 11 is 1.95. The minimum Gasteiger partial charge on any atom is -0.468 e. The maximum atomic E-state index is 11.1. The number of hydrogen-bond acceptors (Lipinski definition) is 4. The zero-order valence-corrected chi connectivity index (χ0v) is 9.19. The Balaban J connectivity index is 2.34. The number of rotatable bonds is 3. The Morgan fingerprint density at radius 1 is 1.69 bits per heavy atom. The number of ether oxygens (including phenoxy) is 1. The molecule has 1 aliphatic heterocycles. The molecule has 3 atom stereocenters. The topological polar surface area (TPSA) is 38.3 Å². The van der Waals surface area contributed by atoms with Crippen molar-refractivity contribution >= 4 is 17.7 Å². The molecule has 0 spiro atoms. The molecular formula is C9H17NO2S. The standard InChI is InChI=1S/C9H17NO2S/c1-6(9(11)12-3)10-8-4-5-13-7(8)2/h6-8,10H,4-5H2,1-3H3/t6-,7?,8?/m0/s1. The van der Waals surface area contributed by atoms with E-state index in [0.29, 0.717) is 11.3 Å². The van der Waals surface area contributed by atoms with Gasteiger partial charge in [-0.2, -0.15) is 11.8 Å². The van der Waals surface area contributed by atoms with Crippen LogP contribution < -0.4 is 5.32 Å². The highest BCUT2D eigenvalue weighted by atomic mass is 32.2. The van der Waals surface area contributed by atoms with Gasteiger partial charge >= 0.3 is 5.97 Å². The van der Waals surface area contributed by atoms with Gasteiger partial charge < -0.3 is 10.1 Å². The molecule has 1 fully saturated rings. The van der Waals surface area contributed by atoms with Gasteiger partial charge in [-0.25, -0.2) is 0 Å². The fourth-order valence-corrected chi connectivity index (χ4v) is 2.73. The Hall–Kier alpha value is -0.220. The van der Waals surface area contributed by atoms with Crippen LogP contribution in [0.2, 0.25) is 0 Å². The van der Waals surface area contributed by atoms with Crippen LogP contribution in [-0.4, -0.2) is 36.2 Å². The molecule has 0 aromatic rings. The summed E-state index contributed by atoms with van der Waals surface area (Å²) in [7, 11) is 1.42. The first-order valence-electron chi connectivity index (χ1n) is 4.60. The normalized spacial score (nSPS) is 30.1. The number of esters is 1. The van der Waals surface area contributed by atoms with Crippen molar-refractivity contribution in [2.24, 2.45) is 0 Å². The van der Waals surface area contributed by atoms with E-state index in [1.807, 2.05) is 18.7 Å². The highest BCUT2D eigenvalue weighted by molar-refractivity contribution is 8.00. The summed E-state index contributed by atoms with van der Waals surface area (Å²) in [6.07, 6.45) is 1.15. The van der Waals surface area contributed by atoms with Gasteiger partial charge in [0.25, 0.3) is 0 Å². The quantitative estimate of drug-likeness (QED) is 0.695. The van der Waals surface area contributed by atoms with Gasteiger partial charge in [0.15, 0.2) is 0 Å². The largest absolute Gasteiger partial charge is 0.468 e. The second-order valence-corrected chi connectivity index (χ2v) is 4.87. The molecule has 0 bridgehead atoms. The van der Waals surface area contributed by atoms with E-state index in [1.165, 1.54) is 12.9 Å². The van der Waals surface area contributed by atoms with Crippen LogP contribution in [0.4, 0.5) is 0 Å². The third-order valence-electron chi connectivity index (χ3n) is 2.40. The van der Waals surface area contributed by atoms with Gasteiger partial charge in [-0.3, -0.25) is 4.79 Å². The average molecular weight is 203 g/mol. The molecule has 1 heterocycles. The van der Waals surface area contributed by atoms with Gasteiger partial charge in [0.05, 0.1) is 7.11 Å². The van der Waals surface area contributed by atoms with Crippen LogP contribution in [0, 0.1) is 0 Å². The predicted molar refractivity (Wildman–Crippen MR) is 54.9 cm³/mol. The second-order valence-electron chi connectivity index (χ2n) is 3.38. The van der Waals surface area contributed by atoms with Gasteiger partial charge in [0.1, 0.15) is 6.04 Å². The molecular weight excluding hydrogens is 186 g/mol. The first-order chi connectivity index (χ1) is 6.15. The molecule has 1 rings (SSSR count). The molecule has 0 amide bonds. The Labute approximate surface area is 83.6 Å². The van der Waals surface area contributed by atoms with E-state index in [2.05, 4.69) is 17.0 Å². The summed E-state index contributed by atoms with van der Waals surface area (Å²) in [4.78, 5) is 11.1. The first-order valence-corrected chi connectivity index (χ1v) is 5.65. The third kappa shape index (κ3) is 2.88. The zero-order valence-electron chi connectivity index (χ0n) is 8.37. The summed E-state index contributed by atoms with van der Waals surface area (Å²) in [5, 5.41) is 3.89. The molecule has 0 aromatic heterocycles. The average Bonchev–Trinajstić information content (AvgIpc) is 2.50. The van der Waals surface area contributed by atoms with Gasteiger partial charge in [-0.15, -0.1) is 0 Å². The van der Waals surface area contributed by atoms with E-state index in [9.17, 15) is 4.79 Å². The maximum absolute atomic E-state index is 11.1. The fourth-order valence-electron chi connectivity index (χ4n) is 1.52. The van der Waals surface area contributed by atoms with Crippen LogP contribution in [-0.2, 0) is 9.53 Å². The number of hydrogen-bond donors (Lipinski definition) is 1. The van der Waals surface area contributed by atoms with Crippen LogP contribution in [0.5, 0.6) is 0 Å². The Morgan fingerprint density at radius 3 is 2.85 bits per heavy atom. The summed E-state index contributed by atoms with van der Waals surface area (Å²) in [6.45, 7) is 4.04. The van der Waals surface area contributed by atoms with E-state index in [4.69, 9.17) is 0 Å². The van der Waals surface area contributed by atoms with Crippen molar-refractivity contribution in [1.82, 2.24) is 5.32 Å². The summed E-state index contributed by atoms with van der Waals surface area (Å²) in [5.41, 5.74) is 0. The smallest absolute Gasteiger partial charge is 0.322 e. The Morgan fingerprint density at radius 2 is 2.38 bits per heavy atom.